The Bertz CT molecular complexity index is 875. The number of aryl methyl sites for hydroxylation is 1. The number of aromatic amines is 1. The monoisotopic (exact) mass is 349 g/mol. The number of fused-ring (bicyclic) bond motifs is 1. The Balaban J connectivity index is 2.05. The van der Waals surface area contributed by atoms with Crippen LogP contribution >= 0.6 is 0 Å². The zero-order valence-corrected chi connectivity index (χ0v) is 14.3. The van der Waals surface area contributed by atoms with E-state index in [0.717, 1.165) is 25.9 Å². The van der Waals surface area contributed by atoms with Crippen molar-refractivity contribution in [1.29, 1.82) is 0 Å². The molecule has 136 valence electrons. The fourth-order valence-corrected chi connectivity index (χ4v) is 3.11. The molecule has 0 aromatic carbocycles. The fourth-order valence-electron chi connectivity index (χ4n) is 3.11. The van der Waals surface area contributed by atoms with Gasteiger partial charge in [0.15, 0.2) is 11.2 Å². The Morgan fingerprint density at radius 3 is 2.80 bits per heavy atom. The molecule has 0 spiro atoms. The lowest BCUT2D eigenvalue weighted by molar-refractivity contribution is 0.0404. The summed E-state index contributed by atoms with van der Waals surface area (Å²) < 4.78 is 8.28. The summed E-state index contributed by atoms with van der Waals surface area (Å²) >= 11 is 0. The first-order chi connectivity index (χ1) is 12.0. The van der Waals surface area contributed by atoms with Gasteiger partial charge in [-0.1, -0.05) is 6.08 Å². The molecule has 1 fully saturated rings. The number of aromatic nitrogens is 4. The van der Waals surface area contributed by atoms with Crippen molar-refractivity contribution in [3.63, 3.8) is 0 Å². The molecule has 2 aromatic heterocycles. The topological polar surface area (TPSA) is 105 Å². The number of anilines is 1. The number of H-pyrrole nitrogens is 1. The first-order valence-electron chi connectivity index (χ1n) is 8.34. The highest BCUT2D eigenvalue weighted by Crippen LogP contribution is 2.23. The number of imidazole rings is 1. The van der Waals surface area contributed by atoms with Gasteiger partial charge in [-0.25, -0.2) is 4.79 Å². The van der Waals surface area contributed by atoms with Crippen molar-refractivity contribution in [3.8, 4) is 0 Å². The highest BCUT2D eigenvalue weighted by Gasteiger charge is 2.24. The number of nitrogens with zero attached hydrogens (tertiary/aromatic N) is 4. The van der Waals surface area contributed by atoms with Gasteiger partial charge in [0.2, 0.25) is 5.95 Å². The van der Waals surface area contributed by atoms with E-state index in [0.29, 0.717) is 18.2 Å². The number of hydrogen-bond donors (Lipinski definition) is 2. The molecule has 2 aromatic rings. The fraction of sp³-hybridized carbons (Fsp3) is 0.562. The van der Waals surface area contributed by atoms with Crippen molar-refractivity contribution >= 4 is 17.1 Å². The molecule has 0 radical (unpaired) electrons. The number of aliphatic hydroxyl groups is 1. The molecule has 9 heteroatoms. The number of rotatable bonds is 7. The van der Waals surface area contributed by atoms with Crippen LogP contribution in [0.4, 0.5) is 5.95 Å². The molecule has 2 N–H and O–H groups in total. The predicted molar refractivity (Wildman–Crippen MR) is 94.1 cm³/mol. The minimum Gasteiger partial charge on any atom is -0.389 e. The first-order valence-corrected chi connectivity index (χ1v) is 8.34. The third-order valence-corrected chi connectivity index (χ3v) is 4.32. The van der Waals surface area contributed by atoms with Crippen molar-refractivity contribution in [2.24, 2.45) is 7.05 Å². The van der Waals surface area contributed by atoms with Crippen molar-refractivity contribution < 1.29 is 9.84 Å². The lowest BCUT2D eigenvalue weighted by atomic mass is 10.3. The van der Waals surface area contributed by atoms with Crippen LogP contribution < -0.4 is 16.1 Å². The quantitative estimate of drug-likeness (QED) is 0.520. The van der Waals surface area contributed by atoms with E-state index in [1.165, 1.54) is 4.57 Å². The van der Waals surface area contributed by atoms with Gasteiger partial charge in [0.05, 0.1) is 25.9 Å². The summed E-state index contributed by atoms with van der Waals surface area (Å²) in [6.45, 7) is 5.84. The molecular weight excluding hydrogens is 326 g/mol. The number of aliphatic hydroxyl groups excluding tert-OH is 1. The molecule has 1 atom stereocenters. The van der Waals surface area contributed by atoms with Gasteiger partial charge in [0, 0.05) is 20.1 Å². The molecule has 3 heterocycles. The third-order valence-electron chi connectivity index (χ3n) is 4.32. The van der Waals surface area contributed by atoms with Crippen LogP contribution in [0.5, 0.6) is 0 Å². The Kier molecular flexibility index (Phi) is 5.05. The second-order valence-corrected chi connectivity index (χ2v) is 6.19. The number of ether oxygens (including phenoxy) is 1. The molecule has 1 aliphatic heterocycles. The van der Waals surface area contributed by atoms with Crippen molar-refractivity contribution in [2.45, 2.75) is 25.5 Å². The Morgan fingerprint density at radius 1 is 1.40 bits per heavy atom. The van der Waals surface area contributed by atoms with E-state index in [2.05, 4.69) is 21.4 Å². The normalized spacial score (nSPS) is 15.8. The molecule has 0 unspecified atom stereocenters. The number of hydrogen-bond acceptors (Lipinski definition) is 6. The van der Waals surface area contributed by atoms with Crippen LogP contribution in [0.1, 0.15) is 12.8 Å². The average Bonchev–Trinajstić information content (AvgIpc) is 3.21. The van der Waals surface area contributed by atoms with Crippen LogP contribution in [0.2, 0.25) is 0 Å². The molecule has 0 amide bonds. The van der Waals surface area contributed by atoms with Crippen molar-refractivity contribution in [2.75, 3.05) is 31.2 Å². The van der Waals surface area contributed by atoms with Crippen molar-refractivity contribution in [1.82, 2.24) is 19.1 Å². The molecule has 3 rings (SSSR count). The van der Waals surface area contributed by atoms with Gasteiger partial charge < -0.3 is 19.3 Å². The highest BCUT2D eigenvalue weighted by atomic mass is 16.5. The summed E-state index contributed by atoms with van der Waals surface area (Å²) in [4.78, 5) is 33.1. The standard InChI is InChI=1S/C16H23N5O4/c1-3-8-25-10-11(22)9-21-12-13(19(2)16(24)18-14(12)23)17-15(21)20-6-4-5-7-20/h3,11,22H,1,4-10H2,2H3,(H,18,23,24)/t11-/m1/s1. The molecule has 1 saturated heterocycles. The smallest absolute Gasteiger partial charge is 0.329 e. The van der Waals surface area contributed by atoms with Gasteiger partial charge in [-0.05, 0) is 12.8 Å². The van der Waals surface area contributed by atoms with E-state index in [1.807, 2.05) is 0 Å². The Labute approximate surface area is 144 Å². The van der Waals surface area contributed by atoms with E-state index in [4.69, 9.17) is 4.74 Å². The van der Waals surface area contributed by atoms with Crippen LogP contribution in [0.15, 0.2) is 22.2 Å². The van der Waals surface area contributed by atoms with Gasteiger partial charge >= 0.3 is 5.69 Å². The Hall–Kier alpha value is -2.39. The van der Waals surface area contributed by atoms with Crippen LogP contribution in [-0.4, -0.2) is 56.6 Å². The largest absolute Gasteiger partial charge is 0.389 e. The molecule has 0 saturated carbocycles. The molecular formula is C16H23N5O4. The predicted octanol–water partition coefficient (Wildman–Crippen LogP) is -0.413. The van der Waals surface area contributed by atoms with Gasteiger partial charge in [0.1, 0.15) is 0 Å². The second-order valence-electron chi connectivity index (χ2n) is 6.19. The molecule has 25 heavy (non-hydrogen) atoms. The molecule has 1 aliphatic rings. The van der Waals surface area contributed by atoms with E-state index in [1.54, 1.807) is 17.7 Å². The highest BCUT2D eigenvalue weighted by molar-refractivity contribution is 5.74. The van der Waals surface area contributed by atoms with Gasteiger partial charge in [-0.2, -0.15) is 4.98 Å². The lowest BCUT2D eigenvalue weighted by Crippen LogP contribution is -2.31. The molecule has 0 bridgehead atoms. The second kappa shape index (κ2) is 7.24. The molecule has 9 nitrogen and oxygen atoms in total. The SMILES string of the molecule is C=CCOC[C@H](O)Cn1c(N2CCCC2)nc2c1c(=O)[nH]c(=O)n2C. The summed E-state index contributed by atoms with van der Waals surface area (Å²) in [5.41, 5.74) is -0.415. The summed E-state index contributed by atoms with van der Waals surface area (Å²) in [6, 6.07) is 0. The van der Waals surface area contributed by atoms with Crippen molar-refractivity contribution in [3.05, 3.63) is 33.5 Å². The first kappa shape index (κ1) is 17.4. The van der Waals surface area contributed by atoms with Crippen LogP contribution in [-0.2, 0) is 18.3 Å². The zero-order valence-electron chi connectivity index (χ0n) is 14.3. The maximum Gasteiger partial charge on any atom is 0.329 e. The summed E-state index contributed by atoms with van der Waals surface area (Å²) in [7, 11) is 1.56. The van der Waals surface area contributed by atoms with Gasteiger partial charge in [-0.3, -0.25) is 14.3 Å². The summed E-state index contributed by atoms with van der Waals surface area (Å²) in [5, 5.41) is 10.3. The van der Waals surface area contributed by atoms with Gasteiger partial charge in [0.25, 0.3) is 5.56 Å². The summed E-state index contributed by atoms with van der Waals surface area (Å²) in [5.74, 6) is 0.599. The number of nitrogens with one attached hydrogen (secondary N) is 1. The van der Waals surface area contributed by atoms with Crippen LogP contribution in [0.3, 0.4) is 0 Å². The average molecular weight is 349 g/mol. The van der Waals surface area contributed by atoms with E-state index in [9.17, 15) is 14.7 Å². The summed E-state index contributed by atoms with van der Waals surface area (Å²) in [6.07, 6.45) is 2.89. The van der Waals surface area contributed by atoms with E-state index < -0.39 is 17.4 Å². The minimum atomic E-state index is -0.810. The maximum atomic E-state index is 12.4. The minimum absolute atomic E-state index is 0.120. The Morgan fingerprint density at radius 2 is 2.12 bits per heavy atom. The molecule has 0 aliphatic carbocycles. The van der Waals surface area contributed by atoms with E-state index in [-0.39, 0.29) is 18.7 Å². The lowest BCUT2D eigenvalue weighted by Gasteiger charge is -2.20. The zero-order chi connectivity index (χ0) is 18.0. The van der Waals surface area contributed by atoms with Crippen LogP contribution in [0.25, 0.3) is 11.2 Å². The van der Waals surface area contributed by atoms with E-state index >= 15 is 0 Å². The van der Waals surface area contributed by atoms with Gasteiger partial charge in [-0.15, -0.1) is 6.58 Å². The van der Waals surface area contributed by atoms with Crippen LogP contribution in [0, 0.1) is 0 Å². The third kappa shape index (κ3) is 3.38. The maximum absolute atomic E-state index is 12.4.